The van der Waals surface area contributed by atoms with E-state index < -0.39 is 0 Å². The summed E-state index contributed by atoms with van der Waals surface area (Å²) in [5.41, 5.74) is 5.88. The van der Waals surface area contributed by atoms with Crippen molar-refractivity contribution in [2.45, 2.75) is 45.1 Å². The molecule has 2 N–H and O–H groups in total. The first-order valence-corrected chi connectivity index (χ1v) is 4.06. The highest BCUT2D eigenvalue weighted by molar-refractivity contribution is 5.85. The van der Waals surface area contributed by atoms with Crippen molar-refractivity contribution in [1.82, 2.24) is 0 Å². The van der Waals surface area contributed by atoms with Crippen LogP contribution in [0.5, 0.6) is 0 Å². The summed E-state index contributed by atoms with van der Waals surface area (Å²) in [4.78, 5) is 0. The maximum atomic E-state index is 5.88. The van der Waals surface area contributed by atoms with Crippen molar-refractivity contribution in [2.24, 2.45) is 11.7 Å². The Morgan fingerprint density at radius 3 is 2.40 bits per heavy atom. The molecule has 0 bridgehead atoms. The topological polar surface area (TPSA) is 26.0 Å². The molecule has 0 spiro atoms. The van der Waals surface area contributed by atoms with Gasteiger partial charge in [0.2, 0.25) is 0 Å². The normalized spacial score (nSPS) is 34.2. The number of rotatable bonds is 0. The quantitative estimate of drug-likeness (QED) is 0.545. The Bertz CT molecular complexity index is 75.3. The maximum absolute atomic E-state index is 5.88. The molecule has 1 fully saturated rings. The smallest absolute Gasteiger partial charge is 0.00645 e. The number of hydrogen-bond donors (Lipinski definition) is 1. The zero-order valence-corrected chi connectivity index (χ0v) is 7.49. The molecule has 62 valence electrons. The third-order valence-corrected chi connectivity index (χ3v) is 2.43. The SMILES string of the molecule is C[C@H]1CCCCC[C@H]1N.Cl. The second kappa shape index (κ2) is 4.97. The van der Waals surface area contributed by atoms with Crippen LogP contribution in [0.4, 0.5) is 0 Å². The predicted molar refractivity (Wildman–Crippen MR) is 47.5 cm³/mol. The lowest BCUT2D eigenvalue weighted by Crippen LogP contribution is -2.26. The van der Waals surface area contributed by atoms with Crippen molar-refractivity contribution in [3.05, 3.63) is 0 Å². The van der Waals surface area contributed by atoms with Gasteiger partial charge in [-0.25, -0.2) is 0 Å². The lowest BCUT2D eigenvalue weighted by Gasteiger charge is -2.14. The van der Waals surface area contributed by atoms with Crippen molar-refractivity contribution in [1.29, 1.82) is 0 Å². The fourth-order valence-electron chi connectivity index (χ4n) is 1.52. The second-order valence-corrected chi connectivity index (χ2v) is 3.28. The van der Waals surface area contributed by atoms with Crippen molar-refractivity contribution in [3.63, 3.8) is 0 Å². The van der Waals surface area contributed by atoms with E-state index in [0.717, 1.165) is 5.92 Å². The van der Waals surface area contributed by atoms with E-state index in [9.17, 15) is 0 Å². The van der Waals surface area contributed by atoms with Gasteiger partial charge in [0.15, 0.2) is 0 Å². The van der Waals surface area contributed by atoms with Crippen LogP contribution < -0.4 is 5.73 Å². The molecule has 2 atom stereocenters. The molecular weight excluding hydrogens is 146 g/mol. The summed E-state index contributed by atoms with van der Waals surface area (Å²) < 4.78 is 0. The number of halogens is 1. The predicted octanol–water partition coefficient (Wildman–Crippen LogP) is 2.34. The van der Waals surface area contributed by atoms with E-state index in [-0.39, 0.29) is 12.4 Å². The maximum Gasteiger partial charge on any atom is 0.00645 e. The minimum atomic E-state index is 0. The van der Waals surface area contributed by atoms with Crippen molar-refractivity contribution < 1.29 is 0 Å². The molecular formula is C8H18ClN. The zero-order valence-electron chi connectivity index (χ0n) is 6.68. The van der Waals surface area contributed by atoms with E-state index in [4.69, 9.17) is 5.73 Å². The molecule has 0 aromatic carbocycles. The standard InChI is InChI=1S/C8H17N.ClH/c1-7-5-3-2-4-6-8(7)9;/h7-8H,2-6,9H2,1H3;1H/t7-,8+;/m0./s1. The van der Waals surface area contributed by atoms with E-state index in [1.165, 1.54) is 32.1 Å². The molecule has 0 aliphatic heterocycles. The highest BCUT2D eigenvalue weighted by atomic mass is 35.5. The zero-order chi connectivity index (χ0) is 6.69. The Morgan fingerprint density at radius 1 is 1.10 bits per heavy atom. The van der Waals surface area contributed by atoms with Crippen LogP contribution in [0.15, 0.2) is 0 Å². The summed E-state index contributed by atoms with van der Waals surface area (Å²) in [6.07, 6.45) is 6.75. The monoisotopic (exact) mass is 163 g/mol. The molecule has 0 radical (unpaired) electrons. The average molecular weight is 164 g/mol. The lowest BCUT2D eigenvalue weighted by molar-refractivity contribution is 0.432. The lowest BCUT2D eigenvalue weighted by atomic mass is 9.98. The number of nitrogens with two attached hydrogens (primary N) is 1. The summed E-state index contributed by atoms with van der Waals surface area (Å²) in [6.45, 7) is 2.27. The largest absolute Gasteiger partial charge is 0.327 e. The van der Waals surface area contributed by atoms with Crippen molar-refractivity contribution in [2.75, 3.05) is 0 Å². The molecule has 0 saturated heterocycles. The van der Waals surface area contributed by atoms with Gasteiger partial charge in [-0.15, -0.1) is 12.4 Å². The highest BCUT2D eigenvalue weighted by Crippen LogP contribution is 2.20. The fourth-order valence-corrected chi connectivity index (χ4v) is 1.52. The van der Waals surface area contributed by atoms with E-state index in [0.29, 0.717) is 6.04 Å². The third-order valence-electron chi connectivity index (χ3n) is 2.43. The minimum absolute atomic E-state index is 0. The Hall–Kier alpha value is 0.250. The molecule has 0 unspecified atom stereocenters. The van der Waals surface area contributed by atoms with Crippen LogP contribution in [0.3, 0.4) is 0 Å². The first-order valence-electron chi connectivity index (χ1n) is 4.06. The van der Waals surface area contributed by atoms with Crippen molar-refractivity contribution >= 4 is 12.4 Å². The van der Waals surface area contributed by atoms with Gasteiger partial charge in [-0.1, -0.05) is 26.2 Å². The summed E-state index contributed by atoms with van der Waals surface area (Å²) in [5.74, 6) is 0.771. The van der Waals surface area contributed by atoms with Gasteiger partial charge >= 0.3 is 0 Å². The molecule has 0 amide bonds. The molecule has 1 saturated carbocycles. The molecule has 0 aromatic heterocycles. The molecule has 1 aliphatic carbocycles. The molecule has 0 heterocycles. The van der Waals surface area contributed by atoms with E-state index >= 15 is 0 Å². The van der Waals surface area contributed by atoms with E-state index in [1.807, 2.05) is 0 Å². The molecule has 1 nitrogen and oxygen atoms in total. The van der Waals surface area contributed by atoms with Crippen LogP contribution in [-0.4, -0.2) is 6.04 Å². The molecule has 0 aromatic rings. The van der Waals surface area contributed by atoms with Gasteiger partial charge < -0.3 is 5.73 Å². The molecule has 1 rings (SSSR count). The van der Waals surface area contributed by atoms with Gasteiger partial charge in [-0.05, 0) is 18.8 Å². The highest BCUT2D eigenvalue weighted by Gasteiger charge is 2.14. The second-order valence-electron chi connectivity index (χ2n) is 3.28. The Morgan fingerprint density at radius 2 is 1.70 bits per heavy atom. The Kier molecular flexibility index (Phi) is 5.10. The summed E-state index contributed by atoms with van der Waals surface area (Å²) in [7, 11) is 0. The Labute approximate surface area is 69.8 Å². The summed E-state index contributed by atoms with van der Waals surface area (Å²) >= 11 is 0. The van der Waals surface area contributed by atoms with Crippen LogP contribution in [0, 0.1) is 5.92 Å². The first-order chi connectivity index (χ1) is 4.30. The van der Waals surface area contributed by atoms with Gasteiger partial charge in [-0.3, -0.25) is 0 Å². The van der Waals surface area contributed by atoms with Gasteiger partial charge in [0, 0.05) is 6.04 Å². The van der Waals surface area contributed by atoms with E-state index in [1.54, 1.807) is 0 Å². The summed E-state index contributed by atoms with van der Waals surface area (Å²) in [5, 5.41) is 0. The average Bonchev–Trinajstić information content (AvgIpc) is 1.99. The molecule has 1 aliphatic rings. The number of hydrogen-bond acceptors (Lipinski definition) is 1. The van der Waals surface area contributed by atoms with Crippen LogP contribution in [0.1, 0.15) is 39.0 Å². The third kappa shape index (κ3) is 2.89. The van der Waals surface area contributed by atoms with Crippen molar-refractivity contribution in [3.8, 4) is 0 Å². The van der Waals surface area contributed by atoms with Crippen LogP contribution in [-0.2, 0) is 0 Å². The van der Waals surface area contributed by atoms with Crippen LogP contribution in [0.2, 0.25) is 0 Å². The van der Waals surface area contributed by atoms with Crippen LogP contribution in [0.25, 0.3) is 0 Å². The Balaban J connectivity index is 0.000000810. The molecule has 2 heteroatoms. The molecule has 10 heavy (non-hydrogen) atoms. The van der Waals surface area contributed by atoms with Gasteiger partial charge in [0.25, 0.3) is 0 Å². The minimum Gasteiger partial charge on any atom is -0.327 e. The van der Waals surface area contributed by atoms with E-state index in [2.05, 4.69) is 6.92 Å². The van der Waals surface area contributed by atoms with Gasteiger partial charge in [-0.2, -0.15) is 0 Å². The van der Waals surface area contributed by atoms with Crippen LogP contribution >= 0.6 is 12.4 Å². The van der Waals surface area contributed by atoms with Gasteiger partial charge in [0.05, 0.1) is 0 Å². The first kappa shape index (κ1) is 10.2. The summed E-state index contributed by atoms with van der Waals surface area (Å²) in [6, 6.07) is 0.493. The van der Waals surface area contributed by atoms with Gasteiger partial charge in [0.1, 0.15) is 0 Å². The fraction of sp³-hybridized carbons (Fsp3) is 1.00.